The first-order valence-electron chi connectivity index (χ1n) is 21.5. The molecule has 1 unspecified atom stereocenters. The summed E-state index contributed by atoms with van der Waals surface area (Å²) in [5.41, 5.74) is 0. The van der Waals surface area contributed by atoms with Crippen molar-refractivity contribution in [3.05, 3.63) is 12.4 Å². The van der Waals surface area contributed by atoms with Crippen molar-refractivity contribution in [2.75, 3.05) is 13.1 Å². The molecule has 1 atom stereocenters. The maximum Gasteiger partial charge on any atom is 0.101 e. The highest BCUT2D eigenvalue weighted by Gasteiger charge is 2.24. The van der Waals surface area contributed by atoms with Gasteiger partial charge in [0, 0.05) is 25.5 Å². The lowest BCUT2D eigenvalue weighted by molar-refractivity contribution is 0.135. The molecule has 2 nitrogen and oxygen atoms in total. The fourth-order valence-electron chi connectivity index (χ4n) is 7.42. The van der Waals surface area contributed by atoms with Crippen LogP contribution in [0.5, 0.6) is 0 Å². The van der Waals surface area contributed by atoms with Crippen LogP contribution in [0.25, 0.3) is 0 Å². The zero-order chi connectivity index (χ0) is 32.3. The lowest BCUT2D eigenvalue weighted by Gasteiger charge is -2.33. The fraction of sp³-hybridized carbons (Fsp3) is 0.953. The van der Waals surface area contributed by atoms with Crippen molar-refractivity contribution in [2.45, 2.75) is 252 Å². The molecular formula is C43H86N2. The summed E-state index contributed by atoms with van der Waals surface area (Å²) in [4.78, 5) is 5.44. The van der Waals surface area contributed by atoms with Gasteiger partial charge in [-0.25, -0.2) is 0 Å². The van der Waals surface area contributed by atoms with Crippen molar-refractivity contribution in [1.82, 2.24) is 9.80 Å². The largest absolute Gasteiger partial charge is 0.356 e. The Morgan fingerprint density at radius 3 is 0.778 bits per heavy atom. The molecule has 268 valence electrons. The van der Waals surface area contributed by atoms with Crippen molar-refractivity contribution < 1.29 is 0 Å². The first-order valence-corrected chi connectivity index (χ1v) is 21.5. The van der Waals surface area contributed by atoms with E-state index in [0.717, 1.165) is 0 Å². The third-order valence-electron chi connectivity index (χ3n) is 10.6. The number of unbranched alkanes of at least 4 members (excludes halogenated alkanes) is 31. The van der Waals surface area contributed by atoms with E-state index in [9.17, 15) is 0 Å². The van der Waals surface area contributed by atoms with Gasteiger partial charge in [0.2, 0.25) is 0 Å². The van der Waals surface area contributed by atoms with E-state index >= 15 is 0 Å². The van der Waals surface area contributed by atoms with Crippen molar-refractivity contribution in [2.24, 2.45) is 0 Å². The van der Waals surface area contributed by atoms with Crippen molar-refractivity contribution >= 4 is 0 Å². The van der Waals surface area contributed by atoms with Gasteiger partial charge in [-0.2, -0.15) is 0 Å². The van der Waals surface area contributed by atoms with Crippen LogP contribution in [0.3, 0.4) is 0 Å². The van der Waals surface area contributed by atoms with E-state index in [1.54, 1.807) is 0 Å². The SMILES string of the molecule is CCCCCCCCCCCCCCCCN1C=CN(CCCCCCCCCCCCCCC)C1CCCCCCCCC. The van der Waals surface area contributed by atoms with Gasteiger partial charge in [0.1, 0.15) is 6.17 Å². The van der Waals surface area contributed by atoms with E-state index in [1.165, 1.54) is 238 Å². The summed E-state index contributed by atoms with van der Waals surface area (Å²) in [6, 6.07) is 0. The Labute approximate surface area is 286 Å². The third kappa shape index (κ3) is 27.0. The van der Waals surface area contributed by atoms with Crippen LogP contribution in [0, 0.1) is 0 Å². The zero-order valence-electron chi connectivity index (χ0n) is 31.8. The number of hydrogen-bond donors (Lipinski definition) is 0. The topological polar surface area (TPSA) is 6.48 Å². The molecule has 1 aliphatic rings. The Balaban J connectivity index is 2.16. The average molecular weight is 631 g/mol. The van der Waals surface area contributed by atoms with Crippen molar-refractivity contribution in [1.29, 1.82) is 0 Å². The van der Waals surface area contributed by atoms with Crippen LogP contribution in [0.4, 0.5) is 0 Å². The molecule has 0 saturated heterocycles. The summed E-state index contributed by atoms with van der Waals surface area (Å²) in [7, 11) is 0. The minimum absolute atomic E-state index is 0.639. The molecule has 0 aromatic rings. The molecule has 0 fully saturated rings. The maximum atomic E-state index is 2.72. The minimum atomic E-state index is 0.639. The minimum Gasteiger partial charge on any atom is -0.356 e. The molecule has 0 bridgehead atoms. The van der Waals surface area contributed by atoms with Crippen LogP contribution in [-0.4, -0.2) is 29.1 Å². The summed E-state index contributed by atoms with van der Waals surface area (Å²) in [5, 5.41) is 0. The zero-order valence-corrected chi connectivity index (χ0v) is 31.8. The maximum absolute atomic E-state index is 2.72. The van der Waals surface area contributed by atoms with Gasteiger partial charge in [-0.3, -0.25) is 0 Å². The molecule has 2 heteroatoms. The molecule has 1 rings (SSSR count). The van der Waals surface area contributed by atoms with E-state index in [4.69, 9.17) is 0 Å². The van der Waals surface area contributed by atoms with Gasteiger partial charge in [0.15, 0.2) is 0 Å². The highest BCUT2D eigenvalue weighted by Crippen LogP contribution is 2.24. The molecule has 0 saturated carbocycles. The predicted molar refractivity (Wildman–Crippen MR) is 205 cm³/mol. The third-order valence-corrected chi connectivity index (χ3v) is 10.6. The smallest absolute Gasteiger partial charge is 0.101 e. The Morgan fingerprint density at radius 2 is 0.511 bits per heavy atom. The highest BCUT2D eigenvalue weighted by atomic mass is 15.4. The Bertz CT molecular complexity index is 586. The molecule has 1 aliphatic heterocycles. The second kappa shape index (κ2) is 34.7. The van der Waals surface area contributed by atoms with Gasteiger partial charge < -0.3 is 9.80 Å². The van der Waals surface area contributed by atoms with E-state index in [1.807, 2.05) is 0 Å². The standard InChI is InChI=1S/C43H86N2/c1-4-7-10-13-16-18-20-22-24-26-28-31-34-37-40-45-42-41-44(43(45)38-35-32-29-15-12-9-6-3)39-36-33-30-27-25-23-21-19-17-14-11-8-5-2/h41-43H,4-40H2,1-3H3. The number of hydrogen-bond acceptors (Lipinski definition) is 2. The fourth-order valence-corrected chi connectivity index (χ4v) is 7.42. The second-order valence-electron chi connectivity index (χ2n) is 15.0. The van der Waals surface area contributed by atoms with E-state index in [0.29, 0.717) is 6.17 Å². The average Bonchev–Trinajstić information content (AvgIpc) is 3.43. The van der Waals surface area contributed by atoms with Gasteiger partial charge in [-0.1, -0.05) is 220 Å². The van der Waals surface area contributed by atoms with Gasteiger partial charge in [-0.15, -0.1) is 0 Å². The molecule has 0 aromatic carbocycles. The van der Waals surface area contributed by atoms with Gasteiger partial charge >= 0.3 is 0 Å². The quantitative estimate of drug-likeness (QED) is 0.0630. The number of rotatable bonds is 37. The molecule has 45 heavy (non-hydrogen) atoms. The summed E-state index contributed by atoms with van der Waals surface area (Å²) >= 11 is 0. The molecule has 0 aliphatic carbocycles. The lowest BCUT2D eigenvalue weighted by Crippen LogP contribution is -2.39. The van der Waals surface area contributed by atoms with Crippen molar-refractivity contribution in [3.63, 3.8) is 0 Å². The molecule has 1 heterocycles. The Morgan fingerprint density at radius 1 is 0.289 bits per heavy atom. The van der Waals surface area contributed by atoms with Gasteiger partial charge in [-0.05, 0) is 25.7 Å². The Kier molecular flexibility index (Phi) is 32.6. The lowest BCUT2D eigenvalue weighted by atomic mass is 10.0. The predicted octanol–water partition coefficient (Wildman–Crippen LogP) is 15.1. The summed E-state index contributed by atoms with van der Waals surface area (Å²) in [6.45, 7) is 9.49. The highest BCUT2D eigenvalue weighted by molar-refractivity contribution is 4.97. The molecule has 0 N–H and O–H groups in total. The van der Waals surface area contributed by atoms with Gasteiger partial charge in [0.25, 0.3) is 0 Å². The molecular weight excluding hydrogens is 544 g/mol. The van der Waals surface area contributed by atoms with Gasteiger partial charge in [0.05, 0.1) is 0 Å². The molecule has 0 radical (unpaired) electrons. The molecule has 0 spiro atoms. The van der Waals surface area contributed by atoms with E-state index in [2.05, 4.69) is 43.0 Å². The van der Waals surface area contributed by atoms with Crippen LogP contribution >= 0.6 is 0 Å². The second-order valence-corrected chi connectivity index (χ2v) is 15.0. The summed E-state index contributed by atoms with van der Waals surface area (Å²) < 4.78 is 0. The van der Waals surface area contributed by atoms with Crippen LogP contribution < -0.4 is 0 Å². The van der Waals surface area contributed by atoms with Crippen molar-refractivity contribution in [3.8, 4) is 0 Å². The van der Waals surface area contributed by atoms with Crippen LogP contribution in [0.15, 0.2) is 12.4 Å². The van der Waals surface area contributed by atoms with Crippen LogP contribution in [0.1, 0.15) is 245 Å². The van der Waals surface area contributed by atoms with E-state index in [-0.39, 0.29) is 0 Å². The monoisotopic (exact) mass is 631 g/mol. The van der Waals surface area contributed by atoms with E-state index < -0.39 is 0 Å². The molecule has 0 amide bonds. The number of nitrogens with zero attached hydrogens (tertiary/aromatic N) is 2. The summed E-state index contributed by atoms with van der Waals surface area (Å²) in [6.07, 6.45) is 55.9. The first kappa shape index (κ1) is 42.4. The summed E-state index contributed by atoms with van der Waals surface area (Å²) in [5.74, 6) is 0. The Hall–Kier alpha value is -0.660. The van der Waals surface area contributed by atoms with Crippen LogP contribution in [0.2, 0.25) is 0 Å². The first-order chi connectivity index (χ1) is 22.3. The molecule has 0 aromatic heterocycles. The van der Waals surface area contributed by atoms with Crippen LogP contribution in [-0.2, 0) is 0 Å². The normalized spacial score (nSPS) is 14.8.